The first kappa shape index (κ1) is 23.3. The summed E-state index contributed by atoms with van der Waals surface area (Å²) >= 11 is 0. The molecule has 3 heterocycles. The van der Waals surface area contributed by atoms with E-state index < -0.39 is 6.36 Å². The van der Waals surface area contributed by atoms with Gasteiger partial charge in [0, 0.05) is 45.3 Å². The van der Waals surface area contributed by atoms with Crippen LogP contribution in [0, 0.1) is 5.92 Å². The first-order valence-electron chi connectivity index (χ1n) is 11.4. The van der Waals surface area contributed by atoms with Gasteiger partial charge in [-0.15, -0.1) is 13.2 Å². The van der Waals surface area contributed by atoms with Crippen molar-refractivity contribution in [3.05, 3.63) is 29.8 Å². The molecule has 178 valence electrons. The fourth-order valence-electron chi connectivity index (χ4n) is 4.90. The zero-order valence-electron chi connectivity index (χ0n) is 18.2. The van der Waals surface area contributed by atoms with Gasteiger partial charge in [-0.3, -0.25) is 9.69 Å². The molecule has 3 aliphatic rings. The molecule has 1 unspecified atom stereocenters. The monoisotopic (exact) mass is 456 g/mol. The van der Waals surface area contributed by atoms with Crippen molar-refractivity contribution in [2.24, 2.45) is 5.92 Å². The Morgan fingerprint density at radius 1 is 1.09 bits per heavy atom. The van der Waals surface area contributed by atoms with Gasteiger partial charge in [-0.05, 0) is 56.2 Å². The van der Waals surface area contributed by atoms with Crippen molar-refractivity contribution in [3.63, 3.8) is 0 Å². The van der Waals surface area contributed by atoms with Crippen LogP contribution in [0.15, 0.2) is 24.3 Å². The van der Waals surface area contributed by atoms with E-state index in [4.69, 9.17) is 9.47 Å². The number of nitrogens with one attached hydrogen (secondary N) is 1. The summed E-state index contributed by atoms with van der Waals surface area (Å²) < 4.78 is 52.5. The average Bonchev–Trinajstić information content (AvgIpc) is 3.17. The molecule has 1 spiro atoms. The van der Waals surface area contributed by atoms with Gasteiger partial charge in [0.15, 0.2) is 0 Å². The molecular weight excluding hydrogens is 425 g/mol. The molecule has 3 fully saturated rings. The topological polar surface area (TPSA) is 60.0 Å². The number of benzene rings is 1. The van der Waals surface area contributed by atoms with Crippen molar-refractivity contribution in [2.75, 3.05) is 32.8 Å². The minimum atomic E-state index is -4.67. The number of alkyl halides is 3. The molecule has 0 aromatic heterocycles. The summed E-state index contributed by atoms with van der Waals surface area (Å²) in [5.74, 6) is -0.0380. The van der Waals surface area contributed by atoms with Gasteiger partial charge in [0.2, 0.25) is 5.91 Å². The second-order valence-electron chi connectivity index (χ2n) is 9.06. The highest BCUT2D eigenvalue weighted by Gasteiger charge is 2.42. The molecule has 3 aliphatic heterocycles. The van der Waals surface area contributed by atoms with E-state index in [0.29, 0.717) is 26.3 Å². The molecule has 1 atom stereocenters. The Morgan fingerprint density at radius 3 is 2.44 bits per heavy atom. The van der Waals surface area contributed by atoms with Crippen molar-refractivity contribution in [2.45, 2.75) is 63.1 Å². The Kier molecular flexibility index (Phi) is 7.27. The van der Waals surface area contributed by atoms with E-state index in [2.05, 4.69) is 15.0 Å². The minimum absolute atomic E-state index is 0.0523. The number of rotatable bonds is 6. The first-order valence-corrected chi connectivity index (χ1v) is 11.4. The molecule has 1 aromatic rings. The molecule has 0 radical (unpaired) electrons. The highest BCUT2D eigenvalue weighted by Crippen LogP contribution is 2.39. The summed E-state index contributed by atoms with van der Waals surface area (Å²) in [4.78, 5) is 14.6. The number of likely N-dealkylation sites (tertiary alicyclic amines) is 1. The van der Waals surface area contributed by atoms with Crippen LogP contribution in [0.3, 0.4) is 0 Å². The number of carbonyl (C=O) groups is 1. The molecule has 3 saturated heterocycles. The zero-order valence-corrected chi connectivity index (χ0v) is 18.2. The maximum Gasteiger partial charge on any atom is 0.573 e. The van der Waals surface area contributed by atoms with Gasteiger partial charge in [-0.2, -0.15) is 0 Å². The number of halogens is 3. The summed E-state index contributed by atoms with van der Waals surface area (Å²) in [6.07, 6.45) is 0.766. The van der Waals surface area contributed by atoms with Crippen molar-refractivity contribution in [3.8, 4) is 5.75 Å². The summed E-state index contributed by atoms with van der Waals surface area (Å²) in [5.41, 5.74) is 0.839. The Balaban J connectivity index is 1.18. The lowest BCUT2D eigenvalue weighted by atomic mass is 9.88. The molecule has 32 heavy (non-hydrogen) atoms. The van der Waals surface area contributed by atoms with Crippen LogP contribution in [0.1, 0.15) is 44.1 Å². The predicted octanol–water partition coefficient (Wildman–Crippen LogP) is 3.64. The zero-order chi connectivity index (χ0) is 22.6. The van der Waals surface area contributed by atoms with Gasteiger partial charge < -0.3 is 19.5 Å². The highest BCUT2D eigenvalue weighted by molar-refractivity contribution is 5.78. The fourth-order valence-corrected chi connectivity index (χ4v) is 4.90. The largest absolute Gasteiger partial charge is 0.573 e. The lowest BCUT2D eigenvalue weighted by Gasteiger charge is -2.39. The van der Waals surface area contributed by atoms with E-state index >= 15 is 0 Å². The predicted molar refractivity (Wildman–Crippen MR) is 111 cm³/mol. The number of ether oxygens (including phenoxy) is 3. The summed E-state index contributed by atoms with van der Waals surface area (Å²) in [7, 11) is 0. The van der Waals surface area contributed by atoms with Crippen molar-refractivity contribution in [1.82, 2.24) is 10.2 Å². The Labute approximate surface area is 186 Å². The molecule has 9 heteroatoms. The summed E-state index contributed by atoms with van der Waals surface area (Å²) in [5, 5.41) is 3.07. The molecule has 0 saturated carbocycles. The smallest absolute Gasteiger partial charge is 0.406 e. The molecule has 1 N–H and O–H groups in total. The number of carbonyl (C=O) groups excluding carboxylic acids is 1. The molecule has 0 aliphatic carbocycles. The summed E-state index contributed by atoms with van der Waals surface area (Å²) in [6, 6.07) is 6.06. The van der Waals surface area contributed by atoms with Crippen LogP contribution in [0.5, 0.6) is 5.75 Å². The van der Waals surface area contributed by atoms with E-state index in [9.17, 15) is 18.0 Å². The van der Waals surface area contributed by atoms with E-state index in [1.54, 1.807) is 12.1 Å². The Morgan fingerprint density at radius 2 is 1.78 bits per heavy atom. The number of nitrogens with zero attached hydrogens (tertiary/aromatic N) is 1. The van der Waals surface area contributed by atoms with Crippen LogP contribution >= 0.6 is 0 Å². The third-order valence-electron chi connectivity index (χ3n) is 6.77. The van der Waals surface area contributed by atoms with Gasteiger partial charge in [0.25, 0.3) is 0 Å². The number of amides is 1. The lowest BCUT2D eigenvalue weighted by Crippen LogP contribution is -2.45. The van der Waals surface area contributed by atoms with E-state index in [1.165, 1.54) is 12.1 Å². The van der Waals surface area contributed by atoms with Gasteiger partial charge in [0.1, 0.15) is 5.75 Å². The molecule has 1 amide bonds. The van der Waals surface area contributed by atoms with Gasteiger partial charge in [-0.1, -0.05) is 12.1 Å². The van der Waals surface area contributed by atoms with Crippen LogP contribution in [-0.4, -0.2) is 61.7 Å². The van der Waals surface area contributed by atoms with Crippen LogP contribution in [-0.2, 0) is 20.8 Å². The number of hydrogen-bond acceptors (Lipinski definition) is 5. The lowest BCUT2D eigenvalue weighted by molar-refractivity contribution is -0.274. The Hall–Kier alpha value is -1.84. The van der Waals surface area contributed by atoms with Gasteiger partial charge in [0.05, 0.1) is 11.7 Å². The molecule has 0 bridgehead atoms. The standard InChI is InChI=1S/C23H31F3N2O4/c24-23(25,26)32-19-3-1-17(2-4-19)16-28-11-9-22(10-12-28)8-5-20(31-22)15-27-21(29)18-6-13-30-14-7-18/h1-4,18,20H,5-16H2,(H,27,29). The molecule has 6 nitrogen and oxygen atoms in total. The second-order valence-corrected chi connectivity index (χ2v) is 9.06. The molecule has 4 rings (SSSR count). The van der Waals surface area contributed by atoms with Crippen LogP contribution < -0.4 is 10.1 Å². The molecular formula is C23H31F3N2O4. The number of piperidine rings is 1. The fraction of sp³-hybridized carbons (Fsp3) is 0.696. The maximum absolute atomic E-state index is 12.3. The SMILES string of the molecule is O=C(NCC1CCC2(CCN(Cc3ccc(OC(F)(F)F)cc3)CC2)O1)C1CCOCC1. The summed E-state index contributed by atoms with van der Waals surface area (Å²) in [6.45, 7) is 4.32. The van der Waals surface area contributed by atoms with Crippen molar-refractivity contribution >= 4 is 5.91 Å². The second kappa shape index (κ2) is 9.97. The van der Waals surface area contributed by atoms with Crippen molar-refractivity contribution in [1.29, 1.82) is 0 Å². The minimum Gasteiger partial charge on any atom is -0.406 e. The van der Waals surface area contributed by atoms with Crippen molar-refractivity contribution < 1.29 is 32.2 Å². The van der Waals surface area contributed by atoms with E-state index in [0.717, 1.165) is 57.2 Å². The maximum atomic E-state index is 12.3. The third-order valence-corrected chi connectivity index (χ3v) is 6.77. The Bertz CT molecular complexity index is 758. The van der Waals surface area contributed by atoms with E-state index in [-0.39, 0.29) is 29.3 Å². The van der Waals surface area contributed by atoms with Crippen LogP contribution in [0.25, 0.3) is 0 Å². The van der Waals surface area contributed by atoms with Gasteiger partial charge >= 0.3 is 6.36 Å². The first-order chi connectivity index (χ1) is 15.3. The van der Waals surface area contributed by atoms with Crippen LogP contribution in [0.2, 0.25) is 0 Å². The van der Waals surface area contributed by atoms with E-state index in [1.807, 2.05) is 0 Å². The quantitative estimate of drug-likeness (QED) is 0.708. The third kappa shape index (κ3) is 6.36. The van der Waals surface area contributed by atoms with Crippen LogP contribution in [0.4, 0.5) is 13.2 Å². The number of hydrogen-bond donors (Lipinski definition) is 1. The average molecular weight is 457 g/mol. The normalized spacial score (nSPS) is 24.5. The highest BCUT2D eigenvalue weighted by atomic mass is 19.4. The molecule has 1 aromatic carbocycles. The van der Waals surface area contributed by atoms with Gasteiger partial charge in [-0.25, -0.2) is 0 Å².